The third-order valence-electron chi connectivity index (χ3n) is 2.76. The Bertz CT molecular complexity index is 544. The lowest BCUT2D eigenvalue weighted by molar-refractivity contribution is 0.331. The van der Waals surface area contributed by atoms with E-state index in [-0.39, 0.29) is 0 Å². The minimum atomic E-state index is -1.71. The van der Waals surface area contributed by atoms with Crippen LogP contribution in [-0.4, -0.2) is 28.1 Å². The summed E-state index contributed by atoms with van der Waals surface area (Å²) in [6.07, 6.45) is 1.48. The van der Waals surface area contributed by atoms with E-state index >= 15 is 0 Å². The maximum atomic E-state index is 5.78. The normalized spacial score (nSPS) is 13.9. The van der Waals surface area contributed by atoms with E-state index in [2.05, 4.69) is 68.6 Å². The van der Waals surface area contributed by atoms with Crippen LogP contribution in [-0.2, 0) is 9.05 Å². The molecule has 0 saturated heterocycles. The predicted molar refractivity (Wildman–Crippen MR) is 104 cm³/mol. The zero-order valence-electron chi connectivity index (χ0n) is 15.5. The molecule has 0 radical (unpaired) electrons. The molecule has 1 aromatic carbocycles. The minimum Gasteiger partial charge on any atom is -0.456 e. The Kier molecular flexibility index (Phi) is 7.21. The number of hydrogen-bond donors (Lipinski definition) is 0. The van der Waals surface area contributed by atoms with E-state index in [1.807, 2.05) is 18.2 Å². The Morgan fingerprint density at radius 2 is 1.39 bits per heavy atom. The lowest BCUT2D eigenvalue weighted by atomic mass is 10.0. The second-order valence-corrected chi connectivity index (χ2v) is 16.3. The molecule has 128 valence electrons. The van der Waals surface area contributed by atoms with Crippen molar-refractivity contribution < 1.29 is 9.05 Å². The molecular formula is C17H30N2O2Si2. The molecule has 0 aliphatic carbocycles. The highest BCUT2D eigenvalue weighted by atomic mass is 28.4. The van der Waals surface area contributed by atoms with Crippen LogP contribution in [0.5, 0.6) is 0 Å². The van der Waals surface area contributed by atoms with Crippen molar-refractivity contribution in [2.45, 2.75) is 59.0 Å². The number of benzene rings is 1. The highest BCUT2D eigenvalue weighted by Gasteiger charge is 2.19. The second kappa shape index (κ2) is 8.45. The summed E-state index contributed by atoms with van der Waals surface area (Å²) >= 11 is 0. The number of nitrogens with zero attached hydrogens (tertiary/aromatic N) is 2. The summed E-state index contributed by atoms with van der Waals surface area (Å²) in [5.74, 6) is 0. The molecule has 23 heavy (non-hydrogen) atoms. The first-order chi connectivity index (χ1) is 10.6. The van der Waals surface area contributed by atoms with Crippen LogP contribution in [0.3, 0.4) is 0 Å². The lowest BCUT2D eigenvalue weighted by Gasteiger charge is -2.17. The molecule has 0 heterocycles. The van der Waals surface area contributed by atoms with Gasteiger partial charge in [0.05, 0.1) is 11.4 Å². The number of rotatable bonds is 8. The third kappa shape index (κ3) is 8.71. The van der Waals surface area contributed by atoms with Crippen LogP contribution in [0.15, 0.2) is 40.6 Å². The van der Waals surface area contributed by atoms with Gasteiger partial charge in [0.15, 0.2) is 0 Å². The SMILES string of the molecule is CC/C(C/C(=N\O[Si](C)(C)C)c1ccccc1)=N\O[Si](C)(C)C. The average Bonchev–Trinajstić information content (AvgIpc) is 2.45. The van der Waals surface area contributed by atoms with Crippen molar-refractivity contribution in [1.82, 2.24) is 0 Å². The fraction of sp³-hybridized carbons (Fsp3) is 0.529. The van der Waals surface area contributed by atoms with Crippen molar-refractivity contribution in [1.29, 1.82) is 0 Å². The smallest absolute Gasteiger partial charge is 0.278 e. The summed E-state index contributed by atoms with van der Waals surface area (Å²) in [6.45, 7) is 14.9. The van der Waals surface area contributed by atoms with Crippen LogP contribution < -0.4 is 0 Å². The maximum Gasteiger partial charge on any atom is 0.278 e. The Labute approximate surface area is 142 Å². The molecule has 0 spiro atoms. The molecule has 1 rings (SSSR count). The molecular weight excluding hydrogens is 320 g/mol. The van der Waals surface area contributed by atoms with Crippen LogP contribution in [0.25, 0.3) is 0 Å². The Morgan fingerprint density at radius 1 is 0.870 bits per heavy atom. The number of hydrogen-bond acceptors (Lipinski definition) is 4. The molecule has 0 N–H and O–H groups in total. The fourth-order valence-electron chi connectivity index (χ4n) is 1.63. The maximum absolute atomic E-state index is 5.78. The van der Waals surface area contributed by atoms with Crippen molar-refractivity contribution in [2.24, 2.45) is 10.3 Å². The molecule has 0 atom stereocenters. The second-order valence-electron chi connectivity index (χ2n) is 7.50. The van der Waals surface area contributed by atoms with Crippen molar-refractivity contribution in [3.05, 3.63) is 35.9 Å². The molecule has 0 saturated carbocycles. The van der Waals surface area contributed by atoms with Gasteiger partial charge in [0.2, 0.25) is 0 Å². The lowest BCUT2D eigenvalue weighted by Crippen LogP contribution is -2.25. The van der Waals surface area contributed by atoms with Crippen molar-refractivity contribution in [3.63, 3.8) is 0 Å². The predicted octanol–water partition coefficient (Wildman–Crippen LogP) is 5.25. The molecule has 0 aliphatic heterocycles. The van der Waals surface area contributed by atoms with E-state index in [9.17, 15) is 0 Å². The van der Waals surface area contributed by atoms with Crippen LogP contribution in [0.1, 0.15) is 25.3 Å². The molecule has 0 fully saturated rings. The van der Waals surface area contributed by atoms with Gasteiger partial charge in [-0.3, -0.25) is 0 Å². The van der Waals surface area contributed by atoms with Crippen LogP contribution in [0, 0.1) is 0 Å². The highest BCUT2D eigenvalue weighted by molar-refractivity contribution is 6.70. The van der Waals surface area contributed by atoms with Crippen molar-refractivity contribution >= 4 is 28.1 Å². The molecule has 4 nitrogen and oxygen atoms in total. The summed E-state index contributed by atoms with van der Waals surface area (Å²) < 4.78 is 11.5. The van der Waals surface area contributed by atoms with E-state index in [1.54, 1.807) is 0 Å². The van der Waals surface area contributed by atoms with Gasteiger partial charge in [-0.15, -0.1) is 10.3 Å². The van der Waals surface area contributed by atoms with E-state index in [0.717, 1.165) is 23.4 Å². The largest absolute Gasteiger partial charge is 0.456 e. The molecule has 0 amide bonds. The summed E-state index contributed by atoms with van der Waals surface area (Å²) in [5, 5.41) is 8.83. The molecule has 0 unspecified atom stereocenters. The van der Waals surface area contributed by atoms with E-state index in [1.165, 1.54) is 0 Å². The van der Waals surface area contributed by atoms with Crippen molar-refractivity contribution in [3.8, 4) is 0 Å². The average molecular weight is 351 g/mol. The Balaban J connectivity index is 3.00. The summed E-state index contributed by atoms with van der Waals surface area (Å²) in [6, 6.07) is 10.1. The van der Waals surface area contributed by atoms with Gasteiger partial charge in [0, 0.05) is 6.42 Å². The molecule has 1 aromatic rings. The first-order valence-electron chi connectivity index (χ1n) is 8.15. The quantitative estimate of drug-likeness (QED) is 0.365. The Hall–Kier alpha value is -1.41. The van der Waals surface area contributed by atoms with E-state index < -0.39 is 16.6 Å². The van der Waals surface area contributed by atoms with Gasteiger partial charge in [-0.1, -0.05) is 37.3 Å². The van der Waals surface area contributed by atoms with Gasteiger partial charge in [0.1, 0.15) is 0 Å². The zero-order valence-corrected chi connectivity index (χ0v) is 17.5. The summed E-state index contributed by atoms with van der Waals surface area (Å²) in [4.78, 5) is 0. The standard InChI is InChI=1S/C17H30N2O2Si2/c1-8-16(18-20-22(2,3)4)14-17(19-21-23(5,6)7)15-12-10-9-11-13-15/h9-13H,8,14H2,1-7H3/b18-16+,19-17+. The van der Waals surface area contributed by atoms with Gasteiger partial charge in [-0.2, -0.15) is 0 Å². The van der Waals surface area contributed by atoms with E-state index in [4.69, 9.17) is 9.05 Å². The molecule has 0 aromatic heterocycles. The molecule has 0 aliphatic rings. The zero-order chi connectivity index (χ0) is 17.5. The van der Waals surface area contributed by atoms with Crippen LogP contribution in [0.4, 0.5) is 0 Å². The fourth-order valence-corrected chi connectivity index (χ4v) is 2.41. The van der Waals surface area contributed by atoms with Gasteiger partial charge >= 0.3 is 0 Å². The van der Waals surface area contributed by atoms with Gasteiger partial charge in [-0.25, -0.2) is 0 Å². The molecule has 0 bridgehead atoms. The Morgan fingerprint density at radius 3 is 1.87 bits per heavy atom. The monoisotopic (exact) mass is 350 g/mol. The van der Waals surface area contributed by atoms with Crippen molar-refractivity contribution in [2.75, 3.05) is 0 Å². The third-order valence-corrected chi connectivity index (χ3v) is 4.04. The first kappa shape index (κ1) is 19.6. The molecule has 6 heteroatoms. The summed E-state index contributed by atoms with van der Waals surface area (Å²) in [7, 11) is -3.38. The van der Waals surface area contributed by atoms with Gasteiger partial charge < -0.3 is 9.05 Å². The minimum absolute atomic E-state index is 0.648. The van der Waals surface area contributed by atoms with E-state index in [0.29, 0.717) is 6.42 Å². The first-order valence-corrected chi connectivity index (χ1v) is 15.0. The summed E-state index contributed by atoms with van der Waals surface area (Å²) in [5.41, 5.74) is 2.97. The topological polar surface area (TPSA) is 43.2 Å². The number of oxime groups is 2. The van der Waals surface area contributed by atoms with Gasteiger partial charge in [0.25, 0.3) is 16.6 Å². The highest BCUT2D eigenvalue weighted by Crippen LogP contribution is 2.12. The van der Waals surface area contributed by atoms with Crippen LogP contribution in [0.2, 0.25) is 39.3 Å². The van der Waals surface area contributed by atoms with Gasteiger partial charge in [-0.05, 0) is 51.3 Å². The van der Waals surface area contributed by atoms with Crippen LogP contribution >= 0.6 is 0 Å².